The molecule has 0 amide bonds. The number of para-hydroxylation sites is 4. The Morgan fingerprint density at radius 3 is 1.72 bits per heavy atom. The summed E-state index contributed by atoms with van der Waals surface area (Å²) < 4.78 is 47.4. The first kappa shape index (κ1) is 57.3. The number of hydrogen-bond donors (Lipinski definition) is 0. The van der Waals surface area contributed by atoms with E-state index in [0.717, 1.165) is 82.5 Å². The van der Waals surface area contributed by atoms with Gasteiger partial charge in [-0.3, -0.25) is 4.57 Å². The van der Waals surface area contributed by atoms with E-state index in [0.29, 0.717) is 28.4 Å². The van der Waals surface area contributed by atoms with E-state index in [4.69, 9.17) is 14.1 Å². The predicted octanol–water partition coefficient (Wildman–Crippen LogP) is 18.4. The van der Waals surface area contributed by atoms with Gasteiger partial charge in [0.2, 0.25) is 0 Å². The van der Waals surface area contributed by atoms with Gasteiger partial charge in [0.1, 0.15) is 17.0 Å². The molecule has 0 fully saturated rings. The fourth-order valence-electron chi connectivity index (χ4n) is 13.6. The van der Waals surface area contributed by atoms with E-state index in [1.807, 2.05) is 94.1 Å². The Morgan fingerprint density at radius 1 is 0.484 bits per heavy atom. The monoisotopic (exact) mass is 1410 g/mol. The van der Waals surface area contributed by atoms with Gasteiger partial charge in [-0.25, -0.2) is 4.98 Å². The van der Waals surface area contributed by atoms with Crippen molar-refractivity contribution in [2.75, 3.05) is 0 Å². The van der Waals surface area contributed by atoms with Crippen LogP contribution >= 0.6 is 0 Å². The molecule has 0 unspecified atom stereocenters. The van der Waals surface area contributed by atoms with Crippen molar-refractivity contribution >= 4 is 83.6 Å². The topological polar surface area (TPSA) is 49.0 Å². The van der Waals surface area contributed by atoms with Crippen LogP contribution in [0.15, 0.2) is 259 Å². The van der Waals surface area contributed by atoms with Crippen LogP contribution in [-0.4, -0.2) is 22.2 Å². The van der Waals surface area contributed by atoms with Gasteiger partial charge >= 0.3 is 0 Å². The van der Waals surface area contributed by atoms with Crippen molar-refractivity contribution in [3.8, 4) is 50.9 Å². The van der Waals surface area contributed by atoms with Crippen LogP contribution in [0.4, 0.5) is 0 Å². The smallest absolute Gasteiger partial charge is 0.268 e. The van der Waals surface area contributed by atoms with Gasteiger partial charge in [0.25, 0.3) is 6.33 Å². The van der Waals surface area contributed by atoms with Crippen LogP contribution in [0.1, 0.15) is 88.7 Å². The molecule has 93 heavy (non-hydrogen) atoms. The molecule has 15 aromatic rings. The van der Waals surface area contributed by atoms with Gasteiger partial charge in [0.15, 0.2) is 8.07 Å². The third kappa shape index (κ3) is 10.8. The first-order valence-corrected chi connectivity index (χ1v) is 33.7. The third-order valence-electron chi connectivity index (χ3n) is 18.4. The minimum Gasteiger partial charge on any atom is -0.510 e. The maximum Gasteiger partial charge on any atom is 0.268 e. The van der Waals surface area contributed by atoms with E-state index in [-0.39, 0.29) is 42.9 Å². The molecule has 460 valence electrons. The Bertz CT molecular complexity index is 5350. The number of furan rings is 1. The summed E-state index contributed by atoms with van der Waals surface area (Å²) in [6, 6.07) is 94.4. The molecule has 0 aliphatic rings. The zero-order chi connectivity index (χ0) is 65.8. The molecular formula is C85H72N4O2PtSi-2. The van der Waals surface area contributed by atoms with Crippen molar-refractivity contribution in [2.45, 2.75) is 85.4 Å². The second-order valence-corrected chi connectivity index (χ2v) is 31.2. The molecule has 4 heterocycles. The Morgan fingerprint density at radius 2 is 1.05 bits per heavy atom. The number of nitrogens with zero attached hydrogens (tertiary/aromatic N) is 4. The normalized spacial score (nSPS) is 12.9. The summed E-state index contributed by atoms with van der Waals surface area (Å²) in [4.78, 5) is 5.26. The van der Waals surface area contributed by atoms with E-state index in [1.165, 1.54) is 32.3 Å². The molecule has 0 radical (unpaired) electrons. The Labute approximate surface area is 564 Å². The quantitative estimate of drug-likeness (QED) is 0.0561. The standard InChI is InChI=1S/C85H72N4O2Si.Pt/c1-56-47-80(86-54-73(56)58-27-20-33-65(48-58)92(66-34-21-28-59(49-66)83(2,3)4,67-35-22-29-60(50-67)84(5,6)7)68-36-23-30-61(51-68)85(8,9)10)89-74-39-16-14-37-70(74)71-44-43-64(53-77(71)89)90-63-32-24-31-62(52-63)87-55-88(76-41-18-17-40-75(76)87)82-69(57-25-12-11-13-26-57)45-46-79-81(82)72-38-15-19-42-78(72)91-79;/h11-51,54H,1-10H3;/q-2;/i1D3;. The van der Waals surface area contributed by atoms with Crippen LogP contribution in [0.2, 0.25) is 0 Å². The minimum atomic E-state index is -3.27. The van der Waals surface area contributed by atoms with Gasteiger partial charge in [-0.15, -0.1) is 29.7 Å². The second-order valence-electron chi connectivity index (χ2n) is 27.4. The molecule has 0 saturated carbocycles. The molecular weight excluding hydrogens is 1330 g/mol. The molecule has 8 heteroatoms. The summed E-state index contributed by atoms with van der Waals surface area (Å²) in [7, 11) is -3.27. The molecule has 6 nitrogen and oxygen atoms in total. The van der Waals surface area contributed by atoms with Crippen LogP contribution in [-0.2, 0) is 37.3 Å². The fourth-order valence-corrected chi connectivity index (χ4v) is 18.4. The van der Waals surface area contributed by atoms with E-state index < -0.39 is 14.9 Å². The number of imidazole rings is 1. The molecule has 0 atom stereocenters. The zero-order valence-electron chi connectivity index (χ0n) is 56.7. The van der Waals surface area contributed by atoms with Crippen LogP contribution in [0.25, 0.3) is 94.2 Å². The number of benzene rings is 11. The average Bonchev–Trinajstić information content (AvgIpc) is 0.757. The van der Waals surface area contributed by atoms with Gasteiger partial charge < -0.3 is 18.3 Å². The van der Waals surface area contributed by atoms with E-state index >= 15 is 0 Å². The fraction of sp³-hybridized carbons (Fsp3) is 0.153. The van der Waals surface area contributed by atoms with E-state index in [2.05, 4.69) is 243 Å². The predicted molar refractivity (Wildman–Crippen MR) is 383 cm³/mol. The molecule has 4 aromatic heterocycles. The molecule has 0 saturated heterocycles. The molecule has 0 bridgehead atoms. The second kappa shape index (κ2) is 23.5. The van der Waals surface area contributed by atoms with E-state index in [1.54, 1.807) is 12.3 Å². The summed E-state index contributed by atoms with van der Waals surface area (Å²) in [5, 5.41) is 8.81. The van der Waals surface area contributed by atoms with Crippen molar-refractivity contribution in [3.05, 3.63) is 296 Å². The number of fused-ring (bicyclic) bond motifs is 7. The molecule has 0 aliphatic heterocycles. The van der Waals surface area contributed by atoms with Crippen molar-refractivity contribution in [1.82, 2.24) is 14.1 Å². The van der Waals surface area contributed by atoms with Crippen LogP contribution in [0, 0.1) is 25.3 Å². The summed E-state index contributed by atoms with van der Waals surface area (Å²) in [6.45, 7) is 18.0. The number of aryl methyl sites for hydroxylation is 1. The molecule has 11 aromatic carbocycles. The Balaban J connectivity index is 0.00000792. The van der Waals surface area contributed by atoms with Crippen LogP contribution in [0.3, 0.4) is 0 Å². The first-order valence-electron chi connectivity index (χ1n) is 33.2. The Hall–Kier alpha value is -9.65. The number of pyridine rings is 1. The number of hydrogen-bond acceptors (Lipinski definition) is 3. The largest absolute Gasteiger partial charge is 0.510 e. The van der Waals surface area contributed by atoms with Crippen LogP contribution in [0.5, 0.6) is 11.5 Å². The van der Waals surface area contributed by atoms with Crippen molar-refractivity contribution < 1.29 is 38.9 Å². The zero-order valence-corrected chi connectivity index (χ0v) is 56.9. The first-order chi connectivity index (χ1) is 45.6. The summed E-state index contributed by atoms with van der Waals surface area (Å²) >= 11 is 0. The van der Waals surface area contributed by atoms with Gasteiger partial charge in [-0.1, -0.05) is 262 Å². The maximum absolute atomic E-state index is 9.33. The van der Waals surface area contributed by atoms with Crippen molar-refractivity contribution in [3.63, 3.8) is 0 Å². The Kier molecular flexibility index (Phi) is 14.5. The summed E-state index contributed by atoms with van der Waals surface area (Å²) in [5.41, 5.74) is 13.7. The van der Waals surface area contributed by atoms with Crippen molar-refractivity contribution in [1.29, 1.82) is 0 Å². The molecule has 0 spiro atoms. The van der Waals surface area contributed by atoms with Crippen LogP contribution < -0.4 is 30.1 Å². The van der Waals surface area contributed by atoms with Gasteiger partial charge in [-0.2, -0.15) is 18.2 Å². The number of aromatic nitrogens is 4. The minimum absolute atomic E-state index is 0. The summed E-state index contributed by atoms with van der Waals surface area (Å²) in [5.74, 6) is 1.37. The number of ether oxygens (including phenoxy) is 1. The van der Waals surface area contributed by atoms with Gasteiger partial charge in [-0.05, 0) is 118 Å². The van der Waals surface area contributed by atoms with E-state index in [9.17, 15) is 4.11 Å². The number of rotatable bonds is 11. The molecule has 0 aliphatic carbocycles. The molecule has 0 N–H and O–H groups in total. The molecule has 15 rings (SSSR count). The average molecular weight is 1410 g/mol. The maximum atomic E-state index is 9.33. The third-order valence-corrected chi connectivity index (χ3v) is 23.1. The van der Waals surface area contributed by atoms with Crippen molar-refractivity contribution in [2.24, 2.45) is 0 Å². The van der Waals surface area contributed by atoms with Gasteiger partial charge in [0, 0.05) is 64.7 Å². The SMILES string of the molecule is [2H]C([2H])([2H])c1cc(-n2c3[c-]c(Oc4[c-]c(-n5[c-][n+](-c6c(-c7ccccc7)ccc7oc8ccccc8c67)c6ccccc65)ccc4)ccc3c3ccccc32)ncc1-c1cccc([Si](c2cccc(C(C)(C)C)c2)(c2cccc(C(C)(C)C)c2)c2cccc(C(C)(C)C)c2)c1.[Pt]. The summed E-state index contributed by atoms with van der Waals surface area (Å²) in [6.07, 6.45) is 5.52. The van der Waals surface area contributed by atoms with Gasteiger partial charge in [0.05, 0.1) is 16.7 Å².